The van der Waals surface area contributed by atoms with Crippen LogP contribution in [0.5, 0.6) is 0 Å². The van der Waals surface area contributed by atoms with Gasteiger partial charge in [-0.25, -0.2) is 10.6 Å². The first kappa shape index (κ1) is 37.3. The van der Waals surface area contributed by atoms with Crippen LogP contribution >= 0.6 is 0 Å². The minimum atomic E-state index is -1.62. The summed E-state index contributed by atoms with van der Waals surface area (Å²) in [6.45, 7) is 4.59. The van der Waals surface area contributed by atoms with Crippen LogP contribution in [0.1, 0.15) is 52.0 Å². The summed E-state index contributed by atoms with van der Waals surface area (Å²) in [6.07, 6.45) is -3.55. The normalized spacial score (nSPS) is 14.1. The average Bonchev–Trinajstić information content (AvgIpc) is 2.95. The Morgan fingerprint density at radius 2 is 1.34 bits per heavy atom. The minimum absolute atomic E-state index is 0.0622. The number of alkyl carbamates (subject to hydrolysis) is 1. The molecule has 5 atom stereocenters. The number of aliphatic hydroxyl groups excluding tert-OH is 1. The van der Waals surface area contributed by atoms with Crippen molar-refractivity contribution in [2.24, 2.45) is 23.2 Å². The van der Waals surface area contributed by atoms with Gasteiger partial charge in [0.15, 0.2) is 0 Å². The summed E-state index contributed by atoms with van der Waals surface area (Å²) in [4.78, 5) is 86.7. The molecule has 1 rings (SSSR count). The van der Waals surface area contributed by atoms with Crippen LogP contribution in [-0.2, 0) is 40.1 Å². The Labute approximate surface area is 254 Å². The van der Waals surface area contributed by atoms with Gasteiger partial charge in [0, 0.05) is 6.42 Å². The molecule has 244 valence electrons. The maximum atomic E-state index is 13.2. The first-order chi connectivity index (χ1) is 20.6. The molecule has 0 fully saturated rings. The van der Waals surface area contributed by atoms with Crippen LogP contribution < -0.4 is 44.0 Å². The predicted molar refractivity (Wildman–Crippen MR) is 155 cm³/mol. The molecule has 0 unspecified atom stereocenters. The van der Waals surface area contributed by atoms with Crippen LogP contribution in [0.4, 0.5) is 4.79 Å². The van der Waals surface area contributed by atoms with Crippen molar-refractivity contribution in [3.63, 3.8) is 0 Å². The van der Waals surface area contributed by atoms with Gasteiger partial charge in [-0.05, 0) is 31.2 Å². The number of hydrogen-bond acceptors (Lipinski definition) is 10. The molecule has 0 saturated carbocycles. The second-order valence-corrected chi connectivity index (χ2v) is 10.4. The quantitative estimate of drug-likeness (QED) is 0.0463. The van der Waals surface area contributed by atoms with E-state index in [1.165, 1.54) is 6.92 Å². The van der Waals surface area contributed by atoms with E-state index >= 15 is 0 Å². The molecular formula is C27H42N8O9. The van der Waals surface area contributed by atoms with Crippen molar-refractivity contribution < 1.29 is 43.4 Å². The third-order valence-electron chi connectivity index (χ3n) is 6.08. The van der Waals surface area contributed by atoms with Gasteiger partial charge in [-0.3, -0.25) is 34.2 Å². The van der Waals surface area contributed by atoms with Crippen molar-refractivity contribution in [1.82, 2.24) is 26.7 Å². The number of hydrazine groups is 1. The number of nitrogens with two attached hydrogens (primary N) is 3. The number of primary amides is 2. The highest BCUT2D eigenvalue weighted by molar-refractivity contribution is 5.97. The van der Waals surface area contributed by atoms with Gasteiger partial charge in [0.25, 0.3) is 5.91 Å². The van der Waals surface area contributed by atoms with Gasteiger partial charge < -0.3 is 42.6 Å². The number of hydrogen-bond donors (Lipinski definition) is 9. The summed E-state index contributed by atoms with van der Waals surface area (Å²) >= 11 is 0. The third kappa shape index (κ3) is 13.9. The summed E-state index contributed by atoms with van der Waals surface area (Å²) in [5.41, 5.74) is 13.0. The molecule has 0 aromatic heterocycles. The lowest BCUT2D eigenvalue weighted by Gasteiger charge is -2.27. The molecule has 1 aromatic carbocycles. The van der Waals surface area contributed by atoms with E-state index in [4.69, 9.17) is 22.0 Å². The fourth-order valence-electron chi connectivity index (χ4n) is 3.87. The predicted octanol–water partition coefficient (Wildman–Crippen LogP) is -2.71. The first-order valence-electron chi connectivity index (χ1n) is 13.8. The zero-order valence-corrected chi connectivity index (χ0v) is 24.8. The van der Waals surface area contributed by atoms with Crippen LogP contribution in [0, 0.1) is 5.92 Å². The maximum Gasteiger partial charge on any atom is 0.408 e. The monoisotopic (exact) mass is 622 g/mol. The number of ether oxygens (including phenoxy) is 1. The molecule has 44 heavy (non-hydrogen) atoms. The van der Waals surface area contributed by atoms with Crippen LogP contribution in [0.3, 0.4) is 0 Å². The highest BCUT2D eigenvalue weighted by Crippen LogP contribution is 2.09. The lowest BCUT2D eigenvalue weighted by Crippen LogP contribution is -2.60. The fraction of sp³-hybridized carbons (Fsp3) is 0.519. The molecule has 0 bridgehead atoms. The number of carbonyl (C=O) groups is 7. The van der Waals surface area contributed by atoms with Gasteiger partial charge in [-0.1, -0.05) is 44.2 Å². The summed E-state index contributed by atoms with van der Waals surface area (Å²) in [5.74, 6) is -0.365. The van der Waals surface area contributed by atoms with E-state index < -0.39 is 78.2 Å². The van der Waals surface area contributed by atoms with E-state index in [0.717, 1.165) is 0 Å². The van der Waals surface area contributed by atoms with Crippen molar-refractivity contribution in [1.29, 1.82) is 0 Å². The minimum Gasteiger partial charge on any atom is -0.445 e. The summed E-state index contributed by atoms with van der Waals surface area (Å²) < 4.78 is 5.08. The molecule has 17 nitrogen and oxygen atoms in total. The van der Waals surface area contributed by atoms with E-state index in [1.807, 2.05) is 5.43 Å². The molecule has 0 heterocycles. The Balaban J connectivity index is 3.04. The molecule has 1 aromatic rings. The lowest BCUT2D eigenvalue weighted by atomic mass is 10.0. The van der Waals surface area contributed by atoms with Crippen molar-refractivity contribution in [2.45, 2.75) is 83.3 Å². The summed E-state index contributed by atoms with van der Waals surface area (Å²) in [6, 6.07) is 2.92. The number of nitrogens with one attached hydrogen (secondary N) is 5. The molecule has 12 N–H and O–H groups in total. The van der Waals surface area contributed by atoms with Gasteiger partial charge in [0.2, 0.25) is 29.5 Å². The lowest BCUT2D eigenvalue weighted by molar-refractivity contribution is -0.136. The van der Waals surface area contributed by atoms with E-state index in [0.29, 0.717) is 5.56 Å². The first-order valence-corrected chi connectivity index (χ1v) is 13.8. The molecule has 0 saturated heterocycles. The van der Waals surface area contributed by atoms with Gasteiger partial charge in [0.05, 0.1) is 12.5 Å². The standard InChI is InChI=1S/C27H42N8O9/c1-14(2)11-18(23(39)31-17(25(41)35-30)9-10-20(28)37)32-24(40)19(12-21(29)38)33-26(42)22(15(3)36)34-27(43)44-13-16-7-5-4-6-8-16/h4-8,14-15,17-19,22,36H,9-13,30H2,1-3H3,(H2,28,37)(H2,29,38)(H,31,39)(H,32,40)(H,33,42)(H,34,43)(H,35,41)/t15-,17+,18+,19+,22+/m1/s1. The fourth-order valence-corrected chi connectivity index (χ4v) is 3.87. The Hall–Kier alpha value is -4.77. The second kappa shape index (κ2) is 18.7. The van der Waals surface area contributed by atoms with Crippen LogP contribution in [0.2, 0.25) is 0 Å². The van der Waals surface area contributed by atoms with Crippen molar-refractivity contribution in [3.8, 4) is 0 Å². The zero-order valence-electron chi connectivity index (χ0n) is 24.8. The number of aliphatic hydroxyl groups is 1. The molecule has 0 aliphatic rings. The smallest absolute Gasteiger partial charge is 0.408 e. The Morgan fingerprint density at radius 1 is 0.773 bits per heavy atom. The Kier molecular flexibility index (Phi) is 15.8. The molecule has 7 amide bonds. The molecule has 17 heteroatoms. The summed E-state index contributed by atoms with van der Waals surface area (Å²) in [7, 11) is 0. The van der Waals surface area contributed by atoms with E-state index in [9.17, 15) is 38.7 Å². The Morgan fingerprint density at radius 3 is 1.86 bits per heavy atom. The van der Waals surface area contributed by atoms with Crippen LogP contribution in [-0.4, -0.2) is 76.9 Å². The van der Waals surface area contributed by atoms with Crippen LogP contribution in [0.15, 0.2) is 30.3 Å². The molecule has 0 radical (unpaired) electrons. The van der Waals surface area contributed by atoms with E-state index in [2.05, 4.69) is 21.3 Å². The Bertz CT molecular complexity index is 1160. The van der Waals surface area contributed by atoms with Gasteiger partial charge in [-0.15, -0.1) is 0 Å². The van der Waals surface area contributed by atoms with Crippen molar-refractivity contribution >= 4 is 41.5 Å². The third-order valence-corrected chi connectivity index (χ3v) is 6.08. The van der Waals surface area contributed by atoms with Crippen molar-refractivity contribution in [2.75, 3.05) is 0 Å². The van der Waals surface area contributed by atoms with Gasteiger partial charge in [0.1, 0.15) is 30.8 Å². The topological polar surface area (TPSA) is 287 Å². The largest absolute Gasteiger partial charge is 0.445 e. The number of benzene rings is 1. The zero-order chi connectivity index (χ0) is 33.4. The molecule has 0 spiro atoms. The molecule has 0 aliphatic carbocycles. The van der Waals surface area contributed by atoms with Crippen LogP contribution in [0.25, 0.3) is 0 Å². The van der Waals surface area contributed by atoms with E-state index in [1.54, 1.807) is 44.2 Å². The van der Waals surface area contributed by atoms with Crippen molar-refractivity contribution in [3.05, 3.63) is 35.9 Å². The average molecular weight is 623 g/mol. The number of rotatable bonds is 18. The number of amides is 7. The summed E-state index contributed by atoms with van der Waals surface area (Å²) in [5, 5.41) is 19.5. The second-order valence-electron chi connectivity index (χ2n) is 10.4. The highest BCUT2D eigenvalue weighted by atomic mass is 16.5. The SMILES string of the molecule is CC(C)C[C@H](NC(=O)[C@H](CC(N)=O)NC(=O)[C@@H](NC(=O)OCc1ccccc1)[C@@H](C)O)C(=O)N[C@@H](CCC(N)=O)C(=O)NN. The maximum absolute atomic E-state index is 13.2. The van der Waals surface area contributed by atoms with E-state index in [-0.39, 0.29) is 31.8 Å². The van der Waals surface area contributed by atoms with Gasteiger partial charge >= 0.3 is 6.09 Å². The molecule has 0 aliphatic heterocycles. The van der Waals surface area contributed by atoms with Gasteiger partial charge in [-0.2, -0.15) is 0 Å². The number of carbonyl (C=O) groups excluding carboxylic acids is 7. The highest BCUT2D eigenvalue weighted by Gasteiger charge is 2.34. The molecular weight excluding hydrogens is 580 g/mol.